The smallest absolute Gasteiger partial charge is 0.308 e. The highest BCUT2D eigenvalue weighted by Crippen LogP contribution is 2.18. The first-order chi connectivity index (χ1) is 8.90. The molecule has 1 atom stereocenters. The predicted octanol–water partition coefficient (Wildman–Crippen LogP) is 1.52. The Labute approximate surface area is 112 Å². The highest BCUT2D eigenvalue weighted by Gasteiger charge is 2.12. The maximum absolute atomic E-state index is 11.5. The summed E-state index contributed by atoms with van der Waals surface area (Å²) < 4.78 is 5.39. The Kier molecular flexibility index (Phi) is 5.36. The van der Waals surface area contributed by atoms with Crippen LogP contribution in [0.4, 0.5) is 0 Å². The van der Waals surface area contributed by atoms with E-state index in [1.807, 2.05) is 32.0 Å². The van der Waals surface area contributed by atoms with Crippen molar-refractivity contribution in [1.82, 2.24) is 5.32 Å². The van der Waals surface area contributed by atoms with E-state index in [2.05, 4.69) is 5.32 Å². The molecule has 0 bridgehead atoms. The van der Waals surface area contributed by atoms with Gasteiger partial charge in [-0.1, -0.05) is 24.6 Å². The summed E-state index contributed by atoms with van der Waals surface area (Å²) in [5.41, 5.74) is 2.09. The van der Waals surface area contributed by atoms with Crippen LogP contribution >= 0.6 is 0 Å². The third kappa shape index (κ3) is 4.99. The molecule has 0 radical (unpaired) electrons. The number of carbonyl (C=O) groups is 2. The molecule has 0 heterocycles. The lowest BCUT2D eigenvalue weighted by molar-refractivity contribution is -0.141. The standard InChI is InChI=1S/C14H19NO4/c1-9-4-5-12(10(2)6-9)19-8-13(16)15-7-11(3)14(17)18/h4-6,11H,7-8H2,1-3H3,(H,15,16)(H,17,18). The summed E-state index contributed by atoms with van der Waals surface area (Å²) in [6.45, 7) is 5.41. The maximum atomic E-state index is 11.5. The molecule has 1 aromatic rings. The zero-order valence-corrected chi connectivity index (χ0v) is 11.4. The Morgan fingerprint density at radius 3 is 2.63 bits per heavy atom. The SMILES string of the molecule is Cc1ccc(OCC(=O)NCC(C)C(=O)O)c(C)c1. The van der Waals surface area contributed by atoms with Gasteiger partial charge in [-0.2, -0.15) is 0 Å². The first-order valence-corrected chi connectivity index (χ1v) is 6.09. The van der Waals surface area contributed by atoms with Crippen molar-refractivity contribution < 1.29 is 19.4 Å². The molecule has 5 nitrogen and oxygen atoms in total. The first-order valence-electron chi connectivity index (χ1n) is 6.09. The molecule has 104 valence electrons. The summed E-state index contributed by atoms with van der Waals surface area (Å²) in [5, 5.41) is 11.2. The number of amides is 1. The van der Waals surface area contributed by atoms with Crippen molar-refractivity contribution in [1.29, 1.82) is 0 Å². The van der Waals surface area contributed by atoms with E-state index in [4.69, 9.17) is 9.84 Å². The lowest BCUT2D eigenvalue weighted by Gasteiger charge is -2.11. The van der Waals surface area contributed by atoms with Crippen molar-refractivity contribution in [3.63, 3.8) is 0 Å². The second-order valence-electron chi connectivity index (χ2n) is 4.60. The van der Waals surface area contributed by atoms with Gasteiger partial charge in [0.05, 0.1) is 5.92 Å². The van der Waals surface area contributed by atoms with E-state index in [1.54, 1.807) is 0 Å². The molecule has 0 saturated heterocycles. The maximum Gasteiger partial charge on any atom is 0.308 e. The van der Waals surface area contributed by atoms with Crippen LogP contribution < -0.4 is 10.1 Å². The van der Waals surface area contributed by atoms with Gasteiger partial charge < -0.3 is 15.2 Å². The largest absolute Gasteiger partial charge is 0.484 e. The van der Waals surface area contributed by atoms with Crippen LogP contribution in [0.25, 0.3) is 0 Å². The molecule has 2 N–H and O–H groups in total. The van der Waals surface area contributed by atoms with Crippen LogP contribution in [-0.2, 0) is 9.59 Å². The highest BCUT2D eigenvalue weighted by molar-refractivity contribution is 5.78. The van der Waals surface area contributed by atoms with Crippen LogP contribution in [-0.4, -0.2) is 30.1 Å². The van der Waals surface area contributed by atoms with Gasteiger partial charge in [0.25, 0.3) is 5.91 Å². The number of carboxylic acids is 1. The van der Waals surface area contributed by atoms with Crippen molar-refractivity contribution in [2.24, 2.45) is 5.92 Å². The fourth-order valence-electron chi connectivity index (χ4n) is 1.51. The zero-order chi connectivity index (χ0) is 14.4. The van der Waals surface area contributed by atoms with Crippen LogP contribution in [0.15, 0.2) is 18.2 Å². The van der Waals surface area contributed by atoms with Gasteiger partial charge in [-0.25, -0.2) is 0 Å². The van der Waals surface area contributed by atoms with Crippen LogP contribution in [0.1, 0.15) is 18.1 Å². The zero-order valence-electron chi connectivity index (χ0n) is 11.4. The van der Waals surface area contributed by atoms with Gasteiger partial charge in [-0.3, -0.25) is 9.59 Å². The van der Waals surface area contributed by atoms with Gasteiger partial charge in [-0.05, 0) is 25.5 Å². The molecule has 1 amide bonds. The quantitative estimate of drug-likeness (QED) is 0.817. The molecule has 0 fully saturated rings. The molecule has 19 heavy (non-hydrogen) atoms. The molecule has 0 spiro atoms. The third-order valence-electron chi connectivity index (χ3n) is 2.72. The van der Waals surface area contributed by atoms with Crippen LogP contribution in [0, 0.1) is 19.8 Å². The molecule has 0 aliphatic rings. The molecule has 0 aromatic heterocycles. The lowest BCUT2D eigenvalue weighted by atomic mass is 10.1. The second-order valence-corrected chi connectivity index (χ2v) is 4.60. The number of hydrogen-bond acceptors (Lipinski definition) is 3. The van der Waals surface area contributed by atoms with Crippen molar-refractivity contribution in [2.45, 2.75) is 20.8 Å². The van der Waals surface area contributed by atoms with Gasteiger partial charge in [0.15, 0.2) is 6.61 Å². The minimum Gasteiger partial charge on any atom is -0.484 e. The van der Waals surface area contributed by atoms with E-state index < -0.39 is 11.9 Å². The number of aliphatic carboxylic acids is 1. The first kappa shape index (κ1) is 15.0. The number of rotatable bonds is 6. The van der Waals surface area contributed by atoms with Crippen molar-refractivity contribution in [3.05, 3.63) is 29.3 Å². The number of ether oxygens (including phenoxy) is 1. The Balaban J connectivity index is 2.40. The second kappa shape index (κ2) is 6.78. The minimum absolute atomic E-state index is 0.102. The molecule has 0 saturated carbocycles. The van der Waals surface area contributed by atoms with Crippen molar-refractivity contribution in [3.8, 4) is 5.75 Å². The monoisotopic (exact) mass is 265 g/mol. The van der Waals surface area contributed by atoms with E-state index in [-0.39, 0.29) is 19.1 Å². The average molecular weight is 265 g/mol. The third-order valence-corrected chi connectivity index (χ3v) is 2.72. The van der Waals surface area contributed by atoms with Gasteiger partial charge >= 0.3 is 5.97 Å². The van der Waals surface area contributed by atoms with Crippen LogP contribution in [0.2, 0.25) is 0 Å². The van der Waals surface area contributed by atoms with E-state index >= 15 is 0 Å². The summed E-state index contributed by atoms with van der Waals surface area (Å²) in [5.74, 6) is -1.21. The number of carboxylic acid groups (broad SMARTS) is 1. The van der Waals surface area contributed by atoms with E-state index in [0.29, 0.717) is 5.75 Å². The van der Waals surface area contributed by atoms with E-state index in [9.17, 15) is 9.59 Å². The fourth-order valence-corrected chi connectivity index (χ4v) is 1.51. The van der Waals surface area contributed by atoms with E-state index in [0.717, 1.165) is 11.1 Å². The van der Waals surface area contributed by atoms with Gasteiger partial charge in [0, 0.05) is 6.54 Å². The summed E-state index contributed by atoms with van der Waals surface area (Å²) in [7, 11) is 0. The number of carbonyl (C=O) groups excluding carboxylic acids is 1. The topological polar surface area (TPSA) is 75.6 Å². The number of nitrogens with one attached hydrogen (secondary N) is 1. The minimum atomic E-state index is -0.935. The number of aryl methyl sites for hydroxylation is 2. The molecule has 0 aliphatic heterocycles. The Hall–Kier alpha value is -2.04. The Morgan fingerprint density at radius 2 is 2.05 bits per heavy atom. The molecule has 1 rings (SSSR count). The summed E-state index contributed by atoms with van der Waals surface area (Å²) >= 11 is 0. The predicted molar refractivity (Wildman–Crippen MR) is 71.2 cm³/mol. The van der Waals surface area contributed by atoms with E-state index in [1.165, 1.54) is 6.92 Å². The summed E-state index contributed by atoms with van der Waals surface area (Å²) in [4.78, 5) is 22.1. The van der Waals surface area contributed by atoms with Gasteiger partial charge in [-0.15, -0.1) is 0 Å². The van der Waals surface area contributed by atoms with Crippen LogP contribution in [0.5, 0.6) is 5.75 Å². The normalized spacial score (nSPS) is 11.7. The van der Waals surface area contributed by atoms with Crippen molar-refractivity contribution >= 4 is 11.9 Å². The Morgan fingerprint density at radius 1 is 1.37 bits per heavy atom. The average Bonchev–Trinajstić information content (AvgIpc) is 2.34. The van der Waals surface area contributed by atoms with Crippen molar-refractivity contribution in [2.75, 3.05) is 13.2 Å². The van der Waals surface area contributed by atoms with Crippen LogP contribution in [0.3, 0.4) is 0 Å². The summed E-state index contributed by atoms with van der Waals surface area (Å²) in [6.07, 6.45) is 0. The highest BCUT2D eigenvalue weighted by atomic mass is 16.5. The molecule has 1 aromatic carbocycles. The fraction of sp³-hybridized carbons (Fsp3) is 0.429. The molecule has 1 unspecified atom stereocenters. The molecule has 0 aliphatic carbocycles. The van der Waals surface area contributed by atoms with Gasteiger partial charge in [0.2, 0.25) is 0 Å². The Bertz CT molecular complexity index is 471. The van der Waals surface area contributed by atoms with Gasteiger partial charge in [0.1, 0.15) is 5.75 Å². The lowest BCUT2D eigenvalue weighted by Crippen LogP contribution is -2.34. The molecule has 5 heteroatoms. The number of benzene rings is 1. The summed E-state index contributed by atoms with van der Waals surface area (Å²) in [6, 6.07) is 5.70. The molecular weight excluding hydrogens is 246 g/mol. The number of hydrogen-bond donors (Lipinski definition) is 2. The molecular formula is C14H19NO4.